The van der Waals surface area contributed by atoms with Crippen LogP contribution >= 0.6 is 11.8 Å². The van der Waals surface area contributed by atoms with E-state index in [1.807, 2.05) is 116 Å². The van der Waals surface area contributed by atoms with Gasteiger partial charge >= 0.3 is 0 Å². The smallest absolute Gasteiger partial charge is 0.256 e. The van der Waals surface area contributed by atoms with Gasteiger partial charge in [0.15, 0.2) is 12.1 Å². The molecule has 8 nitrogen and oxygen atoms in total. The van der Waals surface area contributed by atoms with Gasteiger partial charge in [-0.2, -0.15) is 0 Å². The van der Waals surface area contributed by atoms with Crippen LogP contribution in [-0.4, -0.2) is 33.6 Å². The van der Waals surface area contributed by atoms with Gasteiger partial charge in [-0.05, 0) is 36.1 Å². The zero-order chi connectivity index (χ0) is 36.1. The number of ether oxygens (including phenoxy) is 2. The number of oxazole rings is 1. The number of hydrogen-bond donors (Lipinski definition) is 2. The summed E-state index contributed by atoms with van der Waals surface area (Å²) in [5, 5.41) is 13.2. The maximum atomic E-state index is 12.6. The molecule has 1 aliphatic rings. The predicted molar refractivity (Wildman–Crippen MR) is 205 cm³/mol. The highest BCUT2D eigenvalue weighted by atomic mass is 32.2. The Kier molecular flexibility index (Phi) is 13.5. The number of ketones is 1. The van der Waals surface area contributed by atoms with Gasteiger partial charge in [0.1, 0.15) is 11.5 Å². The first-order chi connectivity index (χ1) is 25.5. The molecule has 4 aromatic carbocycles. The lowest BCUT2D eigenvalue weighted by atomic mass is 10.0. The molecular formula is C43H46N2O6S. The van der Waals surface area contributed by atoms with E-state index >= 15 is 0 Å². The summed E-state index contributed by atoms with van der Waals surface area (Å²) in [6.07, 6.45) is 4.82. The Morgan fingerprint density at radius 3 is 2.12 bits per heavy atom. The van der Waals surface area contributed by atoms with Gasteiger partial charge in [-0.15, -0.1) is 0 Å². The average Bonchev–Trinajstić information content (AvgIpc) is 3.63. The number of Topliss-reactive ketones (excluding diaryl/α,β-unsaturated/α-hetero) is 1. The summed E-state index contributed by atoms with van der Waals surface area (Å²) in [5.74, 6) is 1.60. The molecule has 1 saturated heterocycles. The second-order valence-electron chi connectivity index (χ2n) is 13.0. The SMILES string of the molecule is CCC(=O)CCCCCCC(=O)Nc1ccc(C2OC(CSc3nc(-c4ccccc4)c(-c4ccccc4)o3)CC(c3ccc(CO)cc3)O2)cc1. The van der Waals surface area contributed by atoms with Gasteiger partial charge in [-0.3, -0.25) is 9.59 Å². The number of amides is 1. The van der Waals surface area contributed by atoms with E-state index in [4.69, 9.17) is 18.9 Å². The van der Waals surface area contributed by atoms with E-state index in [1.54, 1.807) is 0 Å². The molecule has 5 aromatic rings. The second-order valence-corrected chi connectivity index (χ2v) is 14.0. The van der Waals surface area contributed by atoms with Crippen molar-refractivity contribution >= 4 is 29.1 Å². The quantitative estimate of drug-likeness (QED) is 0.0722. The van der Waals surface area contributed by atoms with E-state index in [-0.39, 0.29) is 24.7 Å². The molecular weight excluding hydrogens is 673 g/mol. The number of thioether (sulfide) groups is 1. The summed E-state index contributed by atoms with van der Waals surface area (Å²) in [4.78, 5) is 29.0. The van der Waals surface area contributed by atoms with Crippen molar-refractivity contribution in [2.24, 2.45) is 0 Å². The minimum atomic E-state index is -0.629. The molecule has 0 aliphatic carbocycles. The summed E-state index contributed by atoms with van der Waals surface area (Å²) >= 11 is 1.52. The van der Waals surface area contributed by atoms with Crippen LogP contribution in [0.5, 0.6) is 0 Å². The van der Waals surface area contributed by atoms with Crippen LogP contribution in [0.2, 0.25) is 0 Å². The van der Waals surface area contributed by atoms with Crippen LogP contribution in [-0.2, 0) is 25.7 Å². The third kappa shape index (κ3) is 10.3. The lowest BCUT2D eigenvalue weighted by Gasteiger charge is -2.36. The monoisotopic (exact) mass is 718 g/mol. The van der Waals surface area contributed by atoms with Gasteiger partial charge in [0.25, 0.3) is 5.22 Å². The number of unbranched alkanes of at least 4 members (excludes halogenated alkanes) is 3. The van der Waals surface area contributed by atoms with E-state index < -0.39 is 6.29 Å². The van der Waals surface area contributed by atoms with Gasteiger partial charge in [-0.1, -0.05) is 129 Å². The number of carbonyl (C=O) groups excluding carboxylic acids is 2. The summed E-state index contributed by atoms with van der Waals surface area (Å²) in [7, 11) is 0. The lowest BCUT2D eigenvalue weighted by Crippen LogP contribution is -2.31. The molecule has 2 N–H and O–H groups in total. The number of aliphatic hydroxyl groups is 1. The first-order valence-electron chi connectivity index (χ1n) is 18.2. The van der Waals surface area contributed by atoms with E-state index in [0.29, 0.717) is 48.1 Å². The van der Waals surface area contributed by atoms with E-state index in [9.17, 15) is 14.7 Å². The van der Waals surface area contributed by atoms with Crippen molar-refractivity contribution < 1.29 is 28.6 Å². The predicted octanol–water partition coefficient (Wildman–Crippen LogP) is 10.1. The van der Waals surface area contributed by atoms with Crippen LogP contribution in [0.1, 0.15) is 87.4 Å². The number of anilines is 1. The Morgan fingerprint density at radius 1 is 0.788 bits per heavy atom. The largest absolute Gasteiger partial charge is 0.431 e. The summed E-state index contributed by atoms with van der Waals surface area (Å²) in [6, 6.07) is 35.5. The van der Waals surface area contributed by atoms with Crippen molar-refractivity contribution in [3.8, 4) is 22.6 Å². The number of nitrogens with one attached hydrogen (secondary N) is 1. The first-order valence-corrected chi connectivity index (χ1v) is 19.1. The topological polar surface area (TPSA) is 111 Å². The van der Waals surface area contributed by atoms with Gasteiger partial charge < -0.3 is 24.3 Å². The molecule has 0 radical (unpaired) electrons. The highest BCUT2D eigenvalue weighted by Gasteiger charge is 2.33. The Bertz CT molecular complexity index is 1800. The van der Waals surface area contributed by atoms with E-state index in [1.165, 1.54) is 11.8 Å². The van der Waals surface area contributed by atoms with Crippen LogP contribution < -0.4 is 5.32 Å². The Labute approximate surface area is 310 Å². The fraction of sp³-hybridized carbons (Fsp3) is 0.326. The van der Waals surface area contributed by atoms with Crippen molar-refractivity contribution in [3.05, 3.63) is 126 Å². The van der Waals surface area contributed by atoms with Crippen molar-refractivity contribution in [2.45, 2.75) is 88.6 Å². The maximum Gasteiger partial charge on any atom is 0.256 e. The fourth-order valence-electron chi connectivity index (χ4n) is 6.21. The number of carbonyl (C=O) groups is 2. The second kappa shape index (κ2) is 18.8. The standard InChI is InChI=1S/C43H46N2O6S/c1-2-36(47)17-11-3-4-12-18-39(48)44-35-25-23-34(24-26-35)42-49-37(27-38(50-42)31-21-19-30(28-46)20-22-31)29-52-43-45-40(32-13-7-5-8-14-32)41(51-43)33-15-9-6-10-16-33/h5-10,13-16,19-26,37-38,42,46H,2-4,11-12,17-18,27-29H2,1H3,(H,44,48). The van der Waals surface area contributed by atoms with Gasteiger partial charge in [-0.25, -0.2) is 4.98 Å². The zero-order valence-corrected chi connectivity index (χ0v) is 30.4. The molecule has 0 saturated carbocycles. The normalized spacial score (nSPS) is 17.2. The minimum absolute atomic E-state index is 0.0208. The average molecular weight is 719 g/mol. The molecule has 0 spiro atoms. The molecule has 270 valence electrons. The van der Waals surface area contributed by atoms with Gasteiger partial charge in [0.05, 0.1) is 18.8 Å². The summed E-state index contributed by atoms with van der Waals surface area (Å²) < 4.78 is 19.5. The number of hydrogen-bond acceptors (Lipinski definition) is 8. The minimum Gasteiger partial charge on any atom is -0.431 e. The molecule has 52 heavy (non-hydrogen) atoms. The molecule has 3 unspecified atom stereocenters. The number of aliphatic hydroxyl groups excluding tert-OH is 1. The number of rotatable bonds is 17. The van der Waals surface area contributed by atoms with Crippen LogP contribution in [0.4, 0.5) is 5.69 Å². The van der Waals surface area contributed by atoms with Crippen molar-refractivity contribution in [1.29, 1.82) is 0 Å². The van der Waals surface area contributed by atoms with E-state index in [0.717, 1.165) is 65.0 Å². The highest BCUT2D eigenvalue weighted by Crippen LogP contribution is 2.41. The molecule has 1 aromatic heterocycles. The number of nitrogens with zero attached hydrogens (tertiary/aromatic N) is 1. The van der Waals surface area contributed by atoms with E-state index in [2.05, 4.69) is 5.32 Å². The molecule has 3 atom stereocenters. The summed E-state index contributed by atoms with van der Waals surface area (Å²) in [6.45, 7) is 1.87. The van der Waals surface area contributed by atoms with Crippen molar-refractivity contribution in [2.75, 3.05) is 11.1 Å². The van der Waals surface area contributed by atoms with Crippen LogP contribution in [0.15, 0.2) is 119 Å². The molecule has 6 rings (SSSR count). The Hall–Kier alpha value is -4.54. The van der Waals surface area contributed by atoms with Crippen LogP contribution in [0.3, 0.4) is 0 Å². The molecule has 1 fully saturated rings. The molecule has 1 amide bonds. The van der Waals surface area contributed by atoms with Crippen LogP contribution in [0.25, 0.3) is 22.6 Å². The van der Waals surface area contributed by atoms with Crippen molar-refractivity contribution in [3.63, 3.8) is 0 Å². The highest BCUT2D eigenvalue weighted by molar-refractivity contribution is 7.99. The molecule has 2 heterocycles. The number of aromatic nitrogens is 1. The maximum absolute atomic E-state index is 12.6. The lowest BCUT2D eigenvalue weighted by molar-refractivity contribution is -0.245. The number of benzene rings is 4. The van der Waals surface area contributed by atoms with Crippen molar-refractivity contribution in [1.82, 2.24) is 4.98 Å². The zero-order valence-electron chi connectivity index (χ0n) is 29.5. The van der Waals surface area contributed by atoms with Crippen LogP contribution in [0, 0.1) is 0 Å². The summed E-state index contributed by atoms with van der Waals surface area (Å²) in [5.41, 5.74) is 6.17. The third-order valence-electron chi connectivity index (χ3n) is 9.17. The Morgan fingerprint density at radius 2 is 1.44 bits per heavy atom. The fourth-order valence-corrected chi connectivity index (χ4v) is 7.05. The molecule has 1 aliphatic heterocycles. The molecule has 0 bridgehead atoms. The third-order valence-corrected chi connectivity index (χ3v) is 10.1. The Balaban J connectivity index is 1.12. The molecule has 9 heteroatoms. The van der Waals surface area contributed by atoms with Gasteiger partial charge in [0, 0.05) is 53.8 Å². The van der Waals surface area contributed by atoms with Gasteiger partial charge in [0.2, 0.25) is 5.91 Å². The first kappa shape index (κ1) is 37.2.